The van der Waals surface area contributed by atoms with E-state index in [-0.39, 0.29) is 5.91 Å². The van der Waals surface area contributed by atoms with E-state index in [4.69, 9.17) is 0 Å². The van der Waals surface area contributed by atoms with E-state index >= 15 is 0 Å². The van der Waals surface area contributed by atoms with E-state index in [0.29, 0.717) is 5.82 Å². The van der Waals surface area contributed by atoms with Crippen molar-refractivity contribution >= 4 is 11.6 Å². The highest BCUT2D eigenvalue weighted by molar-refractivity contribution is 6.00. The van der Waals surface area contributed by atoms with Gasteiger partial charge in [-0.15, -0.1) is 10.2 Å². The van der Waals surface area contributed by atoms with Crippen molar-refractivity contribution in [1.82, 2.24) is 20.6 Å². The Hall–Kier alpha value is -2.24. The predicted molar refractivity (Wildman–Crippen MR) is 60.2 cm³/mol. The number of amides is 1. The number of aromatic nitrogens is 4. The van der Waals surface area contributed by atoms with Gasteiger partial charge in [-0.2, -0.15) is 5.21 Å². The highest BCUT2D eigenvalue weighted by Crippen LogP contribution is 2.47. The summed E-state index contributed by atoms with van der Waals surface area (Å²) < 4.78 is 0. The molecule has 0 unspecified atom stereocenters. The fourth-order valence-electron chi connectivity index (χ4n) is 1.81. The minimum atomic E-state index is -0.581. The largest absolute Gasteiger partial charge is 0.325 e. The van der Waals surface area contributed by atoms with Gasteiger partial charge < -0.3 is 5.32 Å². The van der Waals surface area contributed by atoms with E-state index in [0.717, 1.165) is 18.5 Å². The van der Waals surface area contributed by atoms with Crippen molar-refractivity contribution in [2.45, 2.75) is 18.3 Å². The van der Waals surface area contributed by atoms with E-state index in [2.05, 4.69) is 25.9 Å². The average Bonchev–Trinajstić information content (AvgIpc) is 2.99. The Bertz CT molecular complexity index is 518. The van der Waals surface area contributed by atoms with E-state index in [1.54, 1.807) is 0 Å². The van der Waals surface area contributed by atoms with Gasteiger partial charge in [-0.25, -0.2) is 0 Å². The quantitative estimate of drug-likeness (QED) is 0.818. The normalized spacial score (nSPS) is 16.5. The lowest BCUT2D eigenvalue weighted by Crippen LogP contribution is -2.28. The van der Waals surface area contributed by atoms with Gasteiger partial charge in [-0.3, -0.25) is 4.79 Å². The molecule has 1 saturated carbocycles. The molecule has 1 aromatic carbocycles. The summed E-state index contributed by atoms with van der Waals surface area (Å²) in [6, 6.07) is 9.36. The molecule has 0 aliphatic heterocycles. The van der Waals surface area contributed by atoms with Crippen molar-refractivity contribution in [3.63, 3.8) is 0 Å². The van der Waals surface area contributed by atoms with Gasteiger partial charge in [0.05, 0.1) is 0 Å². The van der Waals surface area contributed by atoms with Crippen LogP contribution in [0.25, 0.3) is 0 Å². The average molecular weight is 229 g/mol. The zero-order valence-corrected chi connectivity index (χ0v) is 9.05. The lowest BCUT2D eigenvalue weighted by atomic mass is 10.1. The van der Waals surface area contributed by atoms with Gasteiger partial charge in [-0.05, 0) is 25.0 Å². The lowest BCUT2D eigenvalue weighted by molar-refractivity contribution is -0.118. The summed E-state index contributed by atoms with van der Waals surface area (Å²) in [5, 5.41) is 16.6. The molecule has 0 atom stereocenters. The molecule has 2 N–H and O–H groups in total. The smallest absolute Gasteiger partial charge is 0.238 e. The van der Waals surface area contributed by atoms with Gasteiger partial charge in [0.15, 0.2) is 5.82 Å². The van der Waals surface area contributed by atoms with Crippen LogP contribution in [-0.4, -0.2) is 26.5 Å². The molecule has 0 radical (unpaired) electrons. The third kappa shape index (κ3) is 1.67. The monoisotopic (exact) mass is 229 g/mol. The highest BCUT2D eigenvalue weighted by Gasteiger charge is 2.55. The third-order valence-corrected chi connectivity index (χ3v) is 2.99. The zero-order chi connectivity index (χ0) is 11.7. The third-order valence-electron chi connectivity index (χ3n) is 2.99. The van der Waals surface area contributed by atoms with E-state index in [1.165, 1.54) is 0 Å². The molecule has 1 amide bonds. The number of para-hydroxylation sites is 1. The Kier molecular flexibility index (Phi) is 2.14. The molecule has 86 valence electrons. The fourth-order valence-corrected chi connectivity index (χ4v) is 1.81. The first kappa shape index (κ1) is 9.95. The molecule has 17 heavy (non-hydrogen) atoms. The van der Waals surface area contributed by atoms with Gasteiger partial charge in [0.2, 0.25) is 5.91 Å². The molecule has 6 heteroatoms. The van der Waals surface area contributed by atoms with Crippen LogP contribution in [0.2, 0.25) is 0 Å². The zero-order valence-electron chi connectivity index (χ0n) is 9.05. The Morgan fingerprint density at radius 1 is 1.29 bits per heavy atom. The first-order chi connectivity index (χ1) is 8.31. The van der Waals surface area contributed by atoms with Crippen LogP contribution in [0.5, 0.6) is 0 Å². The Labute approximate surface area is 97.4 Å². The lowest BCUT2D eigenvalue weighted by Gasteiger charge is -2.11. The maximum absolute atomic E-state index is 12.2. The second kappa shape index (κ2) is 3.65. The number of anilines is 1. The second-order valence-electron chi connectivity index (χ2n) is 4.14. The van der Waals surface area contributed by atoms with Gasteiger partial charge in [0, 0.05) is 5.69 Å². The summed E-state index contributed by atoms with van der Waals surface area (Å²) in [4.78, 5) is 12.2. The summed E-state index contributed by atoms with van der Waals surface area (Å²) in [6.45, 7) is 0. The number of hydrogen-bond acceptors (Lipinski definition) is 4. The van der Waals surface area contributed by atoms with Crippen LogP contribution in [-0.2, 0) is 10.2 Å². The molecule has 1 heterocycles. The maximum Gasteiger partial charge on any atom is 0.238 e. The highest BCUT2D eigenvalue weighted by atomic mass is 16.2. The number of benzene rings is 1. The number of tetrazole rings is 1. The van der Waals surface area contributed by atoms with Gasteiger partial charge in [0.25, 0.3) is 0 Å². The van der Waals surface area contributed by atoms with Gasteiger partial charge in [-0.1, -0.05) is 23.4 Å². The fraction of sp³-hybridized carbons (Fsp3) is 0.273. The number of carbonyl (C=O) groups is 1. The number of carbonyl (C=O) groups excluding carboxylic acids is 1. The molecule has 0 saturated heterocycles. The minimum Gasteiger partial charge on any atom is -0.325 e. The van der Waals surface area contributed by atoms with Gasteiger partial charge >= 0.3 is 0 Å². The number of rotatable bonds is 3. The maximum atomic E-state index is 12.2. The van der Waals surface area contributed by atoms with E-state index in [1.807, 2.05) is 30.3 Å². The van der Waals surface area contributed by atoms with E-state index < -0.39 is 5.41 Å². The first-order valence-electron chi connectivity index (χ1n) is 5.42. The van der Waals surface area contributed by atoms with E-state index in [9.17, 15) is 4.79 Å². The van der Waals surface area contributed by atoms with Crippen LogP contribution >= 0.6 is 0 Å². The van der Waals surface area contributed by atoms with Crippen LogP contribution in [0.1, 0.15) is 18.7 Å². The number of aromatic amines is 1. The molecule has 0 bridgehead atoms. The first-order valence-corrected chi connectivity index (χ1v) is 5.42. The Morgan fingerprint density at radius 3 is 2.65 bits per heavy atom. The number of H-pyrrole nitrogens is 1. The molecule has 0 spiro atoms. The molecular formula is C11H11N5O. The number of nitrogens with zero attached hydrogens (tertiary/aromatic N) is 3. The molecule has 1 aliphatic rings. The van der Waals surface area contributed by atoms with Crippen LogP contribution in [0.15, 0.2) is 30.3 Å². The topological polar surface area (TPSA) is 83.6 Å². The molecule has 2 aromatic rings. The standard InChI is InChI=1S/C11H11N5O/c17-10(12-8-4-2-1-3-5-8)11(6-7-11)9-13-15-16-14-9/h1-5H,6-7H2,(H,12,17)(H,13,14,15,16). The Morgan fingerprint density at radius 2 is 2.06 bits per heavy atom. The summed E-state index contributed by atoms with van der Waals surface area (Å²) in [5.74, 6) is 0.413. The van der Waals surface area contributed by atoms with Crippen LogP contribution < -0.4 is 5.32 Å². The summed E-state index contributed by atoms with van der Waals surface area (Å²) >= 11 is 0. The van der Waals surface area contributed by atoms with Crippen LogP contribution in [0.3, 0.4) is 0 Å². The molecule has 3 rings (SSSR count). The second-order valence-corrected chi connectivity index (χ2v) is 4.14. The molecule has 1 aliphatic carbocycles. The van der Waals surface area contributed by atoms with Crippen molar-refractivity contribution in [1.29, 1.82) is 0 Å². The Balaban J connectivity index is 1.80. The van der Waals surface area contributed by atoms with Crippen molar-refractivity contribution < 1.29 is 4.79 Å². The summed E-state index contributed by atoms with van der Waals surface area (Å²) in [7, 11) is 0. The van der Waals surface area contributed by atoms with Crippen molar-refractivity contribution in [2.24, 2.45) is 0 Å². The van der Waals surface area contributed by atoms with Gasteiger partial charge in [0.1, 0.15) is 5.41 Å². The molecule has 1 aromatic heterocycles. The van der Waals surface area contributed by atoms with Crippen molar-refractivity contribution in [3.05, 3.63) is 36.2 Å². The molecule has 6 nitrogen and oxygen atoms in total. The SMILES string of the molecule is O=C(Nc1ccccc1)C1(c2nn[nH]n2)CC1. The summed E-state index contributed by atoms with van der Waals surface area (Å²) in [5.41, 5.74) is 0.204. The minimum absolute atomic E-state index is 0.0647. The van der Waals surface area contributed by atoms with Crippen molar-refractivity contribution in [3.8, 4) is 0 Å². The predicted octanol–water partition coefficient (Wildman–Crippen LogP) is 0.870. The molecule has 1 fully saturated rings. The number of hydrogen-bond donors (Lipinski definition) is 2. The summed E-state index contributed by atoms with van der Waals surface area (Å²) in [6.07, 6.45) is 1.54. The van der Waals surface area contributed by atoms with Crippen molar-refractivity contribution in [2.75, 3.05) is 5.32 Å². The van der Waals surface area contributed by atoms with Crippen LogP contribution in [0.4, 0.5) is 5.69 Å². The number of nitrogens with one attached hydrogen (secondary N) is 2. The van der Waals surface area contributed by atoms with Crippen LogP contribution in [0, 0.1) is 0 Å². The molecular weight excluding hydrogens is 218 g/mol.